The standard InChI is InChI=1S/C25H31Cl2FN4O4S/c1-3-30-22-15-23(35-2)24(14-19(22)25(29)31-17-7-10-21(28)20(27)13-17)36-18-8-5-16(6-9-18)32-37(33,34)12-4-11-26/h3,7,10,13-16,18,30,32H,1,4-6,8-9,11-12H2,2H3,(H2,29,31). The van der Waals surface area contributed by atoms with Crippen molar-refractivity contribution >= 4 is 50.4 Å². The number of benzene rings is 2. The zero-order valence-electron chi connectivity index (χ0n) is 20.5. The summed E-state index contributed by atoms with van der Waals surface area (Å²) < 4.78 is 52.5. The van der Waals surface area contributed by atoms with Gasteiger partial charge < -0.3 is 20.5 Å². The van der Waals surface area contributed by atoms with E-state index in [-0.39, 0.29) is 28.8 Å². The van der Waals surface area contributed by atoms with E-state index < -0.39 is 15.8 Å². The monoisotopic (exact) mass is 572 g/mol. The van der Waals surface area contributed by atoms with E-state index in [2.05, 4.69) is 21.6 Å². The quantitative estimate of drug-likeness (QED) is 0.180. The molecule has 0 heterocycles. The third-order valence-corrected chi connectivity index (χ3v) is 7.93. The van der Waals surface area contributed by atoms with E-state index in [0.717, 1.165) is 0 Å². The molecule has 1 aliphatic carbocycles. The van der Waals surface area contributed by atoms with Gasteiger partial charge in [0.05, 0.1) is 35.4 Å². The van der Waals surface area contributed by atoms with Crippen LogP contribution in [0.3, 0.4) is 0 Å². The fraction of sp³-hybridized carbons (Fsp3) is 0.400. The van der Waals surface area contributed by atoms with Crippen LogP contribution in [0.2, 0.25) is 5.02 Å². The Morgan fingerprint density at radius 1 is 1.24 bits per heavy atom. The molecule has 37 heavy (non-hydrogen) atoms. The van der Waals surface area contributed by atoms with Crippen LogP contribution in [0.4, 0.5) is 15.8 Å². The number of nitrogens with zero attached hydrogens (tertiary/aromatic N) is 1. The molecule has 0 bridgehead atoms. The third-order valence-electron chi connectivity index (χ3n) is 5.85. The molecule has 0 aromatic heterocycles. The van der Waals surface area contributed by atoms with Gasteiger partial charge in [-0.3, -0.25) is 0 Å². The van der Waals surface area contributed by atoms with E-state index in [1.54, 1.807) is 12.1 Å². The van der Waals surface area contributed by atoms with Crippen LogP contribution in [-0.4, -0.2) is 45.1 Å². The van der Waals surface area contributed by atoms with Gasteiger partial charge in [-0.25, -0.2) is 22.5 Å². The van der Waals surface area contributed by atoms with E-state index in [9.17, 15) is 12.8 Å². The first-order chi connectivity index (χ1) is 17.7. The van der Waals surface area contributed by atoms with E-state index in [0.29, 0.717) is 66.4 Å². The van der Waals surface area contributed by atoms with Gasteiger partial charge in [0, 0.05) is 23.6 Å². The van der Waals surface area contributed by atoms with Crippen molar-refractivity contribution in [2.75, 3.05) is 24.1 Å². The molecule has 1 saturated carbocycles. The number of hydrogen-bond acceptors (Lipinski definition) is 6. The largest absolute Gasteiger partial charge is 0.493 e. The number of hydrogen-bond donors (Lipinski definition) is 3. The van der Waals surface area contributed by atoms with Crippen molar-refractivity contribution in [1.82, 2.24) is 4.72 Å². The topological polar surface area (TPSA) is 115 Å². The number of aliphatic imine (C=N–C) groups is 1. The highest BCUT2D eigenvalue weighted by Crippen LogP contribution is 2.36. The van der Waals surface area contributed by atoms with Crippen LogP contribution in [0, 0.1) is 5.82 Å². The summed E-state index contributed by atoms with van der Waals surface area (Å²) in [5.41, 5.74) is 7.82. The molecule has 12 heteroatoms. The summed E-state index contributed by atoms with van der Waals surface area (Å²) in [6.07, 6.45) is 4.37. The normalized spacial score (nSPS) is 18.3. The zero-order chi connectivity index (χ0) is 27.0. The highest BCUT2D eigenvalue weighted by molar-refractivity contribution is 7.89. The average Bonchev–Trinajstić information content (AvgIpc) is 2.86. The third kappa shape index (κ3) is 8.23. The SMILES string of the molecule is C=CNc1cc(OC)c(OC2CCC(NS(=O)(=O)CCCCl)CC2)cc1C(N)=Nc1ccc(F)c(Cl)c1. The number of sulfonamides is 1. The Kier molecular flexibility index (Phi) is 10.5. The molecule has 3 rings (SSSR count). The fourth-order valence-electron chi connectivity index (χ4n) is 4.04. The summed E-state index contributed by atoms with van der Waals surface area (Å²) in [7, 11) is -1.82. The molecule has 0 amide bonds. The molecular formula is C25H31Cl2FN4O4S. The maximum atomic E-state index is 13.5. The molecule has 0 saturated heterocycles. The van der Waals surface area contributed by atoms with Crippen molar-refractivity contribution in [3.63, 3.8) is 0 Å². The van der Waals surface area contributed by atoms with Gasteiger partial charge in [0.2, 0.25) is 10.0 Å². The van der Waals surface area contributed by atoms with Crippen LogP contribution in [0.15, 0.2) is 48.1 Å². The smallest absolute Gasteiger partial charge is 0.211 e. The molecule has 2 aromatic rings. The number of nitrogens with two attached hydrogens (primary N) is 1. The predicted molar refractivity (Wildman–Crippen MR) is 148 cm³/mol. The predicted octanol–water partition coefficient (Wildman–Crippen LogP) is 5.32. The van der Waals surface area contributed by atoms with Crippen molar-refractivity contribution in [2.24, 2.45) is 10.7 Å². The molecule has 2 aromatic carbocycles. The van der Waals surface area contributed by atoms with E-state index >= 15 is 0 Å². The number of halogens is 3. The van der Waals surface area contributed by atoms with E-state index in [1.807, 2.05) is 0 Å². The first-order valence-electron chi connectivity index (χ1n) is 11.8. The Morgan fingerprint density at radius 3 is 2.59 bits per heavy atom. The van der Waals surface area contributed by atoms with Crippen LogP contribution in [0.25, 0.3) is 0 Å². The number of ether oxygens (including phenoxy) is 2. The van der Waals surface area contributed by atoms with Crippen LogP contribution in [0.5, 0.6) is 11.5 Å². The lowest BCUT2D eigenvalue weighted by atomic mass is 9.93. The van der Waals surface area contributed by atoms with Crippen LogP contribution in [-0.2, 0) is 10.0 Å². The first-order valence-corrected chi connectivity index (χ1v) is 14.3. The second-order valence-electron chi connectivity index (χ2n) is 8.56. The molecule has 202 valence electrons. The number of rotatable bonds is 12. The van der Waals surface area contributed by atoms with Gasteiger partial charge in [-0.05, 0) is 62.6 Å². The Bertz CT molecular complexity index is 1240. The molecule has 4 N–H and O–H groups in total. The number of anilines is 1. The summed E-state index contributed by atoms with van der Waals surface area (Å²) in [5.74, 6) is 0.869. The minimum atomic E-state index is -3.35. The lowest BCUT2D eigenvalue weighted by Crippen LogP contribution is -2.40. The molecule has 0 atom stereocenters. The summed E-state index contributed by atoms with van der Waals surface area (Å²) in [4.78, 5) is 4.38. The number of nitrogens with one attached hydrogen (secondary N) is 2. The summed E-state index contributed by atoms with van der Waals surface area (Å²) >= 11 is 11.5. The van der Waals surface area contributed by atoms with Gasteiger partial charge in [-0.1, -0.05) is 18.2 Å². The second kappa shape index (κ2) is 13.3. The van der Waals surface area contributed by atoms with Crippen molar-refractivity contribution in [3.8, 4) is 11.5 Å². The fourth-order valence-corrected chi connectivity index (χ4v) is 5.89. The van der Waals surface area contributed by atoms with Crippen molar-refractivity contribution in [2.45, 2.75) is 44.2 Å². The highest BCUT2D eigenvalue weighted by atomic mass is 35.5. The van der Waals surface area contributed by atoms with Gasteiger partial charge in [-0.15, -0.1) is 11.6 Å². The summed E-state index contributed by atoms with van der Waals surface area (Å²) in [6, 6.07) is 7.38. The molecule has 8 nitrogen and oxygen atoms in total. The Morgan fingerprint density at radius 2 is 1.97 bits per heavy atom. The minimum absolute atomic E-state index is 0.0189. The van der Waals surface area contributed by atoms with Crippen molar-refractivity contribution in [3.05, 3.63) is 59.5 Å². The van der Waals surface area contributed by atoms with Crippen LogP contribution < -0.4 is 25.2 Å². The Balaban J connectivity index is 1.79. The van der Waals surface area contributed by atoms with Crippen LogP contribution >= 0.6 is 23.2 Å². The van der Waals surface area contributed by atoms with Gasteiger partial charge in [0.15, 0.2) is 11.5 Å². The van der Waals surface area contributed by atoms with Gasteiger partial charge >= 0.3 is 0 Å². The molecular weight excluding hydrogens is 542 g/mol. The Hall–Kier alpha value is -2.53. The Labute approximate surface area is 227 Å². The van der Waals surface area contributed by atoms with E-state index in [1.165, 1.54) is 31.5 Å². The minimum Gasteiger partial charge on any atom is -0.493 e. The summed E-state index contributed by atoms with van der Waals surface area (Å²) in [5, 5.41) is 2.96. The lowest BCUT2D eigenvalue weighted by molar-refractivity contribution is 0.139. The number of alkyl halides is 1. The van der Waals surface area contributed by atoms with Gasteiger partial charge in [0.25, 0.3) is 0 Å². The molecule has 0 aliphatic heterocycles. The molecule has 0 unspecified atom stereocenters. The van der Waals surface area contributed by atoms with Crippen LogP contribution in [0.1, 0.15) is 37.7 Å². The van der Waals surface area contributed by atoms with Gasteiger partial charge in [0.1, 0.15) is 11.7 Å². The average molecular weight is 574 g/mol. The van der Waals surface area contributed by atoms with Crippen molar-refractivity contribution < 1.29 is 22.3 Å². The highest BCUT2D eigenvalue weighted by Gasteiger charge is 2.27. The van der Waals surface area contributed by atoms with Gasteiger partial charge in [-0.2, -0.15) is 0 Å². The first kappa shape index (κ1) is 29.0. The second-order valence-corrected chi connectivity index (χ2v) is 11.2. The molecule has 1 aliphatic rings. The molecule has 1 fully saturated rings. The van der Waals surface area contributed by atoms with E-state index in [4.69, 9.17) is 38.4 Å². The summed E-state index contributed by atoms with van der Waals surface area (Å²) in [6.45, 7) is 3.70. The molecule has 0 radical (unpaired) electrons. The maximum Gasteiger partial charge on any atom is 0.211 e. The lowest BCUT2D eigenvalue weighted by Gasteiger charge is -2.30. The number of amidine groups is 1. The zero-order valence-corrected chi connectivity index (χ0v) is 22.8. The van der Waals surface area contributed by atoms with Crippen molar-refractivity contribution in [1.29, 1.82) is 0 Å². The maximum absolute atomic E-state index is 13.5. The number of methoxy groups -OCH3 is 1. The molecule has 0 spiro atoms.